The Bertz CT molecular complexity index is 749. The summed E-state index contributed by atoms with van der Waals surface area (Å²) >= 11 is 0. The number of benzene rings is 1. The normalized spacial score (nSPS) is 12.6. The van der Waals surface area contributed by atoms with Crippen molar-refractivity contribution in [2.45, 2.75) is 20.3 Å². The molecular formula is C17H20N4O3. The lowest BCUT2D eigenvalue weighted by atomic mass is 10.2. The zero-order valence-electron chi connectivity index (χ0n) is 13.8. The van der Waals surface area contributed by atoms with Crippen LogP contribution in [0.4, 0.5) is 11.5 Å². The van der Waals surface area contributed by atoms with Gasteiger partial charge in [0.25, 0.3) is 5.91 Å². The van der Waals surface area contributed by atoms with Crippen LogP contribution in [0.1, 0.15) is 29.7 Å². The number of aryl methyl sites for hydroxylation is 1. The molecule has 1 aromatic heterocycles. The third kappa shape index (κ3) is 3.73. The Balaban J connectivity index is 1.76. The van der Waals surface area contributed by atoms with Crippen molar-refractivity contribution in [3.63, 3.8) is 0 Å². The molecule has 0 unspecified atom stereocenters. The van der Waals surface area contributed by atoms with Crippen LogP contribution in [0.3, 0.4) is 0 Å². The van der Waals surface area contributed by atoms with Gasteiger partial charge in [0.2, 0.25) is 0 Å². The van der Waals surface area contributed by atoms with Crippen LogP contribution in [0.2, 0.25) is 0 Å². The van der Waals surface area contributed by atoms with Crippen LogP contribution in [0.25, 0.3) is 0 Å². The Hall–Kier alpha value is -2.83. The molecule has 3 rings (SSSR count). The SMILES string of the molecule is CCCNc1cc(C(=O)Nc2ccc3c(c2)OCCO3)nc(C)n1. The minimum absolute atomic E-state index is 0.295. The molecule has 126 valence electrons. The van der Waals surface area contributed by atoms with Crippen molar-refractivity contribution in [3.8, 4) is 11.5 Å². The third-order valence-electron chi connectivity index (χ3n) is 3.43. The van der Waals surface area contributed by atoms with Gasteiger partial charge in [0.1, 0.15) is 30.5 Å². The molecule has 0 radical (unpaired) electrons. The molecule has 0 saturated carbocycles. The maximum atomic E-state index is 12.5. The van der Waals surface area contributed by atoms with Crippen molar-refractivity contribution in [2.75, 3.05) is 30.4 Å². The van der Waals surface area contributed by atoms with E-state index in [2.05, 4.69) is 27.5 Å². The molecule has 1 aromatic carbocycles. The average molecular weight is 328 g/mol. The van der Waals surface area contributed by atoms with Crippen LogP contribution in [-0.2, 0) is 0 Å². The number of fused-ring (bicyclic) bond motifs is 1. The van der Waals surface area contributed by atoms with Gasteiger partial charge >= 0.3 is 0 Å². The van der Waals surface area contributed by atoms with Crippen molar-refractivity contribution >= 4 is 17.4 Å². The second-order valence-corrected chi connectivity index (χ2v) is 5.42. The van der Waals surface area contributed by atoms with Crippen molar-refractivity contribution < 1.29 is 14.3 Å². The lowest BCUT2D eigenvalue weighted by Crippen LogP contribution is -2.17. The lowest BCUT2D eigenvalue weighted by molar-refractivity contribution is 0.102. The summed E-state index contributed by atoms with van der Waals surface area (Å²) in [7, 11) is 0. The number of carbonyl (C=O) groups excluding carboxylic acids is 1. The minimum Gasteiger partial charge on any atom is -0.486 e. The van der Waals surface area contributed by atoms with E-state index in [-0.39, 0.29) is 5.91 Å². The second-order valence-electron chi connectivity index (χ2n) is 5.42. The highest BCUT2D eigenvalue weighted by molar-refractivity contribution is 6.03. The van der Waals surface area contributed by atoms with E-state index in [9.17, 15) is 4.79 Å². The van der Waals surface area contributed by atoms with Gasteiger partial charge in [-0.05, 0) is 25.5 Å². The topological polar surface area (TPSA) is 85.4 Å². The number of nitrogens with one attached hydrogen (secondary N) is 2. The number of hydrogen-bond acceptors (Lipinski definition) is 6. The fourth-order valence-electron chi connectivity index (χ4n) is 2.34. The predicted molar refractivity (Wildman–Crippen MR) is 90.9 cm³/mol. The number of nitrogens with zero attached hydrogens (tertiary/aromatic N) is 2. The van der Waals surface area contributed by atoms with Crippen molar-refractivity contribution in [1.29, 1.82) is 0 Å². The predicted octanol–water partition coefficient (Wildman–Crippen LogP) is 2.63. The molecule has 1 amide bonds. The van der Waals surface area contributed by atoms with Crippen LogP contribution in [0.15, 0.2) is 24.3 Å². The third-order valence-corrected chi connectivity index (χ3v) is 3.43. The van der Waals surface area contributed by atoms with Crippen LogP contribution in [0, 0.1) is 6.92 Å². The van der Waals surface area contributed by atoms with Crippen LogP contribution < -0.4 is 20.1 Å². The number of aromatic nitrogens is 2. The Morgan fingerprint density at radius 2 is 1.96 bits per heavy atom. The van der Waals surface area contributed by atoms with E-state index in [1.807, 2.05) is 0 Å². The summed E-state index contributed by atoms with van der Waals surface area (Å²) < 4.78 is 11.0. The van der Waals surface area contributed by atoms with Crippen molar-refractivity contribution in [3.05, 3.63) is 35.8 Å². The van der Waals surface area contributed by atoms with Crippen molar-refractivity contribution in [1.82, 2.24) is 9.97 Å². The van der Waals surface area contributed by atoms with E-state index in [1.54, 1.807) is 31.2 Å². The molecule has 0 aliphatic carbocycles. The Morgan fingerprint density at radius 1 is 1.17 bits per heavy atom. The highest BCUT2D eigenvalue weighted by Crippen LogP contribution is 2.32. The van der Waals surface area contributed by atoms with Gasteiger partial charge in [-0.25, -0.2) is 9.97 Å². The van der Waals surface area contributed by atoms with Gasteiger partial charge < -0.3 is 20.1 Å². The first kappa shape index (κ1) is 16.0. The van der Waals surface area contributed by atoms with Gasteiger partial charge in [-0.3, -0.25) is 4.79 Å². The van der Waals surface area contributed by atoms with Gasteiger partial charge in [0, 0.05) is 24.4 Å². The number of hydrogen-bond donors (Lipinski definition) is 2. The highest BCUT2D eigenvalue weighted by Gasteiger charge is 2.15. The van der Waals surface area contributed by atoms with Crippen molar-refractivity contribution in [2.24, 2.45) is 0 Å². The molecule has 2 heterocycles. The van der Waals surface area contributed by atoms with Gasteiger partial charge in [0.05, 0.1) is 0 Å². The molecule has 2 aromatic rings. The maximum Gasteiger partial charge on any atom is 0.274 e. The Morgan fingerprint density at radius 3 is 2.75 bits per heavy atom. The smallest absolute Gasteiger partial charge is 0.274 e. The minimum atomic E-state index is -0.295. The van der Waals surface area contributed by atoms with E-state index in [1.165, 1.54) is 0 Å². The van der Waals surface area contributed by atoms with Gasteiger partial charge in [-0.15, -0.1) is 0 Å². The maximum absolute atomic E-state index is 12.5. The van der Waals surface area contributed by atoms with Gasteiger partial charge in [-0.1, -0.05) is 6.92 Å². The molecule has 0 fully saturated rings. The molecule has 1 aliphatic heterocycles. The zero-order valence-corrected chi connectivity index (χ0v) is 13.8. The molecule has 1 aliphatic rings. The summed E-state index contributed by atoms with van der Waals surface area (Å²) in [5.41, 5.74) is 0.944. The quantitative estimate of drug-likeness (QED) is 0.877. The summed E-state index contributed by atoms with van der Waals surface area (Å²) in [5.74, 6) is 2.21. The van der Waals surface area contributed by atoms with Crippen LogP contribution >= 0.6 is 0 Å². The Kier molecular flexibility index (Phi) is 4.79. The summed E-state index contributed by atoms with van der Waals surface area (Å²) in [4.78, 5) is 20.9. The van der Waals surface area contributed by atoms with E-state index < -0.39 is 0 Å². The van der Waals surface area contributed by atoms with E-state index in [0.29, 0.717) is 47.7 Å². The monoisotopic (exact) mass is 328 g/mol. The average Bonchev–Trinajstić information content (AvgIpc) is 2.59. The number of anilines is 2. The van der Waals surface area contributed by atoms with E-state index in [0.717, 1.165) is 13.0 Å². The van der Waals surface area contributed by atoms with Crippen LogP contribution in [-0.4, -0.2) is 35.6 Å². The molecule has 0 spiro atoms. The van der Waals surface area contributed by atoms with Gasteiger partial charge in [0.15, 0.2) is 11.5 Å². The number of ether oxygens (including phenoxy) is 2. The molecular weight excluding hydrogens is 308 g/mol. The molecule has 7 nitrogen and oxygen atoms in total. The number of rotatable bonds is 5. The highest BCUT2D eigenvalue weighted by atomic mass is 16.6. The first-order valence-electron chi connectivity index (χ1n) is 7.96. The summed E-state index contributed by atoms with van der Waals surface area (Å²) in [6.45, 7) is 5.66. The summed E-state index contributed by atoms with van der Waals surface area (Å²) in [5, 5.41) is 5.99. The van der Waals surface area contributed by atoms with Gasteiger partial charge in [-0.2, -0.15) is 0 Å². The van der Waals surface area contributed by atoms with Crippen LogP contribution in [0.5, 0.6) is 11.5 Å². The summed E-state index contributed by atoms with van der Waals surface area (Å²) in [6.07, 6.45) is 0.974. The molecule has 0 bridgehead atoms. The molecule has 2 N–H and O–H groups in total. The molecule has 24 heavy (non-hydrogen) atoms. The number of carbonyl (C=O) groups is 1. The molecule has 0 saturated heterocycles. The Labute approximate surface area is 140 Å². The lowest BCUT2D eigenvalue weighted by Gasteiger charge is -2.19. The van der Waals surface area contributed by atoms with E-state index in [4.69, 9.17) is 9.47 Å². The second kappa shape index (κ2) is 7.16. The molecule has 0 atom stereocenters. The first-order valence-corrected chi connectivity index (χ1v) is 7.96. The fourth-order valence-corrected chi connectivity index (χ4v) is 2.34. The molecule has 7 heteroatoms. The zero-order chi connectivity index (χ0) is 16.9. The standard InChI is InChI=1S/C17H20N4O3/c1-3-6-18-16-10-13(19-11(2)20-16)17(22)21-12-4-5-14-15(9-12)24-8-7-23-14/h4-5,9-10H,3,6-8H2,1-2H3,(H,21,22)(H,18,19,20). The summed E-state index contributed by atoms with van der Waals surface area (Å²) in [6, 6.07) is 6.95. The first-order chi connectivity index (χ1) is 11.7. The largest absolute Gasteiger partial charge is 0.486 e. The number of amides is 1. The van der Waals surface area contributed by atoms with E-state index >= 15 is 0 Å². The fraction of sp³-hybridized carbons (Fsp3) is 0.353.